The fourth-order valence-electron chi connectivity index (χ4n) is 1.47. The van der Waals surface area contributed by atoms with Gasteiger partial charge in [-0.3, -0.25) is 14.4 Å². The highest BCUT2D eigenvalue weighted by Crippen LogP contribution is 1.96. The molecule has 7 nitrogen and oxygen atoms in total. The topological polar surface area (TPSA) is 127 Å². The van der Waals surface area contributed by atoms with Gasteiger partial charge >= 0.3 is 0 Å². The molecule has 0 aliphatic rings. The van der Waals surface area contributed by atoms with Crippen LogP contribution < -0.4 is 22.1 Å². The number of hydrogen-bond acceptors (Lipinski definition) is 4. The second kappa shape index (κ2) is 7.90. The molecule has 20 heavy (non-hydrogen) atoms. The molecule has 1 aromatic carbocycles. The molecule has 1 atom stereocenters. The summed E-state index contributed by atoms with van der Waals surface area (Å²) in [5.41, 5.74) is 11.3. The third-order valence-electron chi connectivity index (χ3n) is 2.51. The van der Waals surface area contributed by atoms with Crippen molar-refractivity contribution in [3.8, 4) is 0 Å². The fraction of sp³-hybridized carbons (Fsp3) is 0.308. The Morgan fingerprint density at radius 1 is 1.10 bits per heavy atom. The van der Waals surface area contributed by atoms with Crippen LogP contribution in [0.1, 0.15) is 12.0 Å². The Kier molecular flexibility index (Phi) is 6.18. The van der Waals surface area contributed by atoms with Gasteiger partial charge in [-0.2, -0.15) is 0 Å². The van der Waals surface area contributed by atoms with E-state index in [9.17, 15) is 14.4 Å². The second-order valence-corrected chi connectivity index (χ2v) is 4.26. The van der Waals surface area contributed by atoms with Crippen molar-refractivity contribution in [2.45, 2.75) is 19.0 Å². The number of carbonyl (C=O) groups excluding carboxylic acids is 3. The van der Waals surface area contributed by atoms with Gasteiger partial charge in [0.2, 0.25) is 17.7 Å². The van der Waals surface area contributed by atoms with Crippen molar-refractivity contribution in [3.63, 3.8) is 0 Å². The van der Waals surface area contributed by atoms with Crippen LogP contribution in [0.5, 0.6) is 0 Å². The molecular weight excluding hydrogens is 260 g/mol. The number of amides is 3. The molecule has 0 aliphatic heterocycles. The first-order valence-electron chi connectivity index (χ1n) is 6.11. The Labute approximate surface area is 116 Å². The predicted octanol–water partition coefficient (Wildman–Crippen LogP) is -1.38. The maximum atomic E-state index is 11.5. The van der Waals surface area contributed by atoms with Crippen LogP contribution in [-0.4, -0.2) is 30.3 Å². The minimum atomic E-state index is -1.03. The summed E-state index contributed by atoms with van der Waals surface area (Å²) in [6, 6.07) is 8.34. The third-order valence-corrected chi connectivity index (χ3v) is 2.51. The van der Waals surface area contributed by atoms with Crippen LogP contribution in [0, 0.1) is 0 Å². The minimum Gasteiger partial charge on any atom is -0.370 e. The molecule has 0 bridgehead atoms. The molecule has 3 amide bonds. The van der Waals surface area contributed by atoms with Gasteiger partial charge < -0.3 is 22.1 Å². The summed E-state index contributed by atoms with van der Waals surface area (Å²) in [7, 11) is 0. The molecule has 1 unspecified atom stereocenters. The number of rotatable bonds is 7. The zero-order valence-electron chi connectivity index (χ0n) is 11.0. The van der Waals surface area contributed by atoms with Gasteiger partial charge in [0.15, 0.2) is 0 Å². The number of primary amides is 1. The van der Waals surface area contributed by atoms with E-state index in [-0.39, 0.29) is 18.9 Å². The van der Waals surface area contributed by atoms with Crippen molar-refractivity contribution in [3.05, 3.63) is 35.9 Å². The van der Waals surface area contributed by atoms with E-state index in [1.54, 1.807) is 0 Å². The van der Waals surface area contributed by atoms with Crippen molar-refractivity contribution in [2.75, 3.05) is 6.54 Å². The Balaban J connectivity index is 2.26. The normalized spacial score (nSPS) is 11.4. The molecule has 0 aliphatic carbocycles. The van der Waals surface area contributed by atoms with Crippen molar-refractivity contribution < 1.29 is 14.4 Å². The van der Waals surface area contributed by atoms with Gasteiger partial charge in [-0.25, -0.2) is 0 Å². The standard InChI is InChI=1S/C13H18N4O3/c14-10(6-11(15)18)13(20)17-8-12(19)16-7-9-4-2-1-3-5-9/h1-5,10H,6-8,14H2,(H2,15,18)(H,16,19)(H,17,20). The highest BCUT2D eigenvalue weighted by Gasteiger charge is 2.16. The van der Waals surface area contributed by atoms with Crippen LogP contribution in [0.25, 0.3) is 0 Å². The summed E-state index contributed by atoms with van der Waals surface area (Å²) in [6.07, 6.45) is -0.253. The smallest absolute Gasteiger partial charge is 0.239 e. The maximum absolute atomic E-state index is 11.5. The van der Waals surface area contributed by atoms with Crippen LogP contribution in [0.4, 0.5) is 0 Å². The van der Waals surface area contributed by atoms with E-state index in [0.29, 0.717) is 6.54 Å². The molecule has 0 radical (unpaired) electrons. The first-order chi connectivity index (χ1) is 9.49. The lowest BCUT2D eigenvalue weighted by Crippen LogP contribution is -2.46. The molecule has 0 saturated carbocycles. The monoisotopic (exact) mass is 278 g/mol. The van der Waals surface area contributed by atoms with Gasteiger partial charge in [0.1, 0.15) is 0 Å². The molecule has 0 aromatic heterocycles. The van der Waals surface area contributed by atoms with E-state index in [1.807, 2.05) is 30.3 Å². The zero-order valence-corrected chi connectivity index (χ0v) is 11.0. The van der Waals surface area contributed by atoms with E-state index >= 15 is 0 Å². The number of nitrogens with one attached hydrogen (secondary N) is 2. The molecule has 1 rings (SSSR count). The predicted molar refractivity (Wildman–Crippen MR) is 73.1 cm³/mol. The zero-order chi connectivity index (χ0) is 15.0. The Hall–Kier alpha value is -2.41. The van der Waals surface area contributed by atoms with Crippen LogP contribution in [0.15, 0.2) is 30.3 Å². The van der Waals surface area contributed by atoms with Crippen molar-refractivity contribution in [2.24, 2.45) is 11.5 Å². The highest BCUT2D eigenvalue weighted by atomic mass is 16.2. The van der Waals surface area contributed by atoms with Gasteiger partial charge in [0, 0.05) is 6.54 Å². The molecular formula is C13H18N4O3. The largest absolute Gasteiger partial charge is 0.370 e. The number of benzene rings is 1. The first-order valence-corrected chi connectivity index (χ1v) is 6.11. The average molecular weight is 278 g/mol. The van der Waals surface area contributed by atoms with Crippen LogP contribution in [-0.2, 0) is 20.9 Å². The Morgan fingerprint density at radius 3 is 2.35 bits per heavy atom. The summed E-state index contributed by atoms with van der Waals surface area (Å²) < 4.78 is 0. The number of nitrogens with two attached hydrogens (primary N) is 2. The van der Waals surface area contributed by atoms with Crippen LogP contribution in [0.2, 0.25) is 0 Å². The highest BCUT2D eigenvalue weighted by molar-refractivity contribution is 5.90. The van der Waals surface area contributed by atoms with Gasteiger partial charge in [-0.05, 0) is 5.56 Å². The van der Waals surface area contributed by atoms with Crippen LogP contribution in [0.3, 0.4) is 0 Å². The molecule has 0 fully saturated rings. The van der Waals surface area contributed by atoms with E-state index in [2.05, 4.69) is 10.6 Å². The lowest BCUT2D eigenvalue weighted by molar-refractivity contribution is -0.128. The summed E-state index contributed by atoms with van der Waals surface area (Å²) >= 11 is 0. The third kappa shape index (κ3) is 5.96. The average Bonchev–Trinajstić information content (AvgIpc) is 2.42. The lowest BCUT2D eigenvalue weighted by atomic mass is 10.2. The molecule has 6 N–H and O–H groups in total. The molecule has 108 valence electrons. The van der Waals surface area contributed by atoms with E-state index < -0.39 is 17.9 Å². The molecule has 7 heteroatoms. The van der Waals surface area contributed by atoms with Crippen molar-refractivity contribution in [1.82, 2.24) is 10.6 Å². The quantitative estimate of drug-likeness (QED) is 0.490. The van der Waals surface area contributed by atoms with E-state index in [4.69, 9.17) is 11.5 Å². The maximum Gasteiger partial charge on any atom is 0.239 e. The second-order valence-electron chi connectivity index (χ2n) is 4.26. The van der Waals surface area contributed by atoms with Crippen LogP contribution >= 0.6 is 0 Å². The van der Waals surface area contributed by atoms with Crippen molar-refractivity contribution >= 4 is 17.7 Å². The van der Waals surface area contributed by atoms with Gasteiger partial charge in [0.25, 0.3) is 0 Å². The number of hydrogen-bond donors (Lipinski definition) is 4. The SMILES string of the molecule is NC(=O)CC(N)C(=O)NCC(=O)NCc1ccccc1. The Bertz CT molecular complexity index is 476. The summed E-state index contributed by atoms with van der Waals surface area (Å²) in [5, 5.41) is 4.99. The van der Waals surface area contributed by atoms with Gasteiger partial charge in [-0.1, -0.05) is 30.3 Å². The van der Waals surface area contributed by atoms with Crippen molar-refractivity contribution in [1.29, 1.82) is 0 Å². The molecule has 0 spiro atoms. The molecule has 0 saturated heterocycles. The summed E-state index contributed by atoms with van der Waals surface area (Å²) in [5.74, 6) is -1.59. The minimum absolute atomic E-state index is 0.196. The first kappa shape index (κ1) is 15.6. The van der Waals surface area contributed by atoms with Gasteiger partial charge in [-0.15, -0.1) is 0 Å². The molecule has 0 heterocycles. The lowest BCUT2D eigenvalue weighted by Gasteiger charge is -2.10. The Morgan fingerprint density at radius 2 is 1.75 bits per heavy atom. The number of carbonyl (C=O) groups is 3. The van der Waals surface area contributed by atoms with E-state index in [0.717, 1.165) is 5.56 Å². The summed E-state index contributed by atoms with van der Waals surface area (Å²) in [6.45, 7) is 0.182. The van der Waals surface area contributed by atoms with E-state index in [1.165, 1.54) is 0 Å². The summed E-state index contributed by atoms with van der Waals surface area (Å²) in [4.78, 5) is 33.5. The fourth-order valence-corrected chi connectivity index (χ4v) is 1.47. The van der Waals surface area contributed by atoms with Gasteiger partial charge in [0.05, 0.1) is 19.0 Å². The molecule has 1 aromatic rings.